The first-order valence-electron chi connectivity index (χ1n) is 11.1. The van der Waals surface area contributed by atoms with Crippen molar-refractivity contribution in [2.75, 3.05) is 13.7 Å². The first-order valence-corrected chi connectivity index (χ1v) is 11.1. The number of carbonyl (C=O) groups excluding carboxylic acids is 1. The number of carbonyl (C=O) groups is 1. The van der Waals surface area contributed by atoms with E-state index in [4.69, 9.17) is 4.74 Å². The third kappa shape index (κ3) is 4.93. The van der Waals surface area contributed by atoms with Crippen LogP contribution < -0.4 is 4.74 Å². The summed E-state index contributed by atoms with van der Waals surface area (Å²) in [5.74, 6) is -3.58. The molecular weight excluding hydrogens is 461 g/mol. The first-order chi connectivity index (χ1) is 16.7. The molecule has 1 aliphatic heterocycles. The zero-order chi connectivity index (χ0) is 25.3. The summed E-state index contributed by atoms with van der Waals surface area (Å²) in [4.78, 5) is 18.9. The van der Waals surface area contributed by atoms with E-state index in [9.17, 15) is 23.1 Å². The van der Waals surface area contributed by atoms with E-state index >= 15 is 0 Å². The van der Waals surface area contributed by atoms with E-state index in [1.165, 1.54) is 18.9 Å². The normalized spacial score (nSPS) is 17.1. The second kappa shape index (κ2) is 9.91. The Balaban J connectivity index is 1.66. The molecule has 1 N–H and O–H groups in total. The fraction of sp³-hybridized carbons (Fsp3) is 0.320. The molecule has 1 fully saturated rings. The van der Waals surface area contributed by atoms with Gasteiger partial charge in [-0.1, -0.05) is 6.07 Å². The van der Waals surface area contributed by atoms with Gasteiger partial charge in [-0.2, -0.15) is 5.10 Å². The molecule has 3 aromatic rings. The maximum absolute atomic E-state index is 13.9. The van der Waals surface area contributed by atoms with Crippen molar-refractivity contribution in [3.63, 3.8) is 0 Å². The average Bonchev–Trinajstić information content (AvgIpc) is 3.25. The quantitative estimate of drug-likeness (QED) is 0.419. The topological polar surface area (TPSA) is 80.5 Å². The van der Waals surface area contributed by atoms with Gasteiger partial charge >= 0.3 is 0 Å². The minimum absolute atomic E-state index is 0.0138. The van der Waals surface area contributed by atoms with Crippen molar-refractivity contribution in [2.45, 2.75) is 38.8 Å². The van der Waals surface area contributed by atoms with Crippen LogP contribution in [0.4, 0.5) is 13.2 Å². The van der Waals surface area contributed by atoms with Crippen molar-refractivity contribution in [3.05, 3.63) is 76.6 Å². The summed E-state index contributed by atoms with van der Waals surface area (Å²) < 4.78 is 48.3. The van der Waals surface area contributed by atoms with Crippen molar-refractivity contribution >= 4 is 12.0 Å². The average molecular weight is 486 g/mol. The van der Waals surface area contributed by atoms with E-state index in [-0.39, 0.29) is 18.0 Å². The lowest BCUT2D eigenvalue weighted by Crippen LogP contribution is -2.43. The Hall–Kier alpha value is -3.66. The van der Waals surface area contributed by atoms with Crippen LogP contribution in [-0.2, 0) is 4.79 Å². The Morgan fingerprint density at radius 1 is 1.17 bits per heavy atom. The first kappa shape index (κ1) is 24.5. The Kier molecular flexibility index (Phi) is 6.93. The number of methoxy groups -OCH3 is 1. The summed E-state index contributed by atoms with van der Waals surface area (Å²) in [5.41, 5.74) is 1.85. The number of benzene rings is 2. The van der Waals surface area contributed by atoms with Crippen molar-refractivity contribution in [3.8, 4) is 11.4 Å². The number of aromatic nitrogens is 3. The van der Waals surface area contributed by atoms with Gasteiger partial charge in [0, 0.05) is 12.1 Å². The SMILES string of the molecule is COc1cc(C=C2CCCN([C@H](c3cc(F)c(F)c(F)c3)[C@@H](C)O)C2=O)ccc1-n1cnc(C)n1. The summed E-state index contributed by atoms with van der Waals surface area (Å²) in [6, 6.07) is 5.97. The predicted molar refractivity (Wildman–Crippen MR) is 122 cm³/mol. The van der Waals surface area contributed by atoms with E-state index in [0.29, 0.717) is 41.2 Å². The number of rotatable bonds is 6. The van der Waals surface area contributed by atoms with Crippen LogP contribution in [0.2, 0.25) is 0 Å². The molecule has 1 saturated heterocycles. The molecule has 35 heavy (non-hydrogen) atoms. The van der Waals surface area contributed by atoms with Gasteiger partial charge in [-0.05, 0) is 68.2 Å². The van der Waals surface area contributed by atoms with Crippen LogP contribution in [0, 0.1) is 24.4 Å². The monoisotopic (exact) mass is 486 g/mol. The lowest BCUT2D eigenvalue weighted by molar-refractivity contribution is -0.133. The molecule has 2 atom stereocenters. The molecule has 184 valence electrons. The zero-order valence-corrected chi connectivity index (χ0v) is 19.5. The van der Waals surface area contributed by atoms with Gasteiger partial charge < -0.3 is 14.7 Å². The second-order valence-corrected chi connectivity index (χ2v) is 8.42. The number of likely N-dealkylation sites (tertiary alicyclic amines) is 1. The number of halogens is 3. The third-order valence-electron chi connectivity index (χ3n) is 5.92. The number of piperidine rings is 1. The molecule has 2 heterocycles. The molecule has 7 nitrogen and oxygen atoms in total. The third-order valence-corrected chi connectivity index (χ3v) is 5.92. The number of hydrogen-bond acceptors (Lipinski definition) is 5. The van der Waals surface area contributed by atoms with E-state index in [1.54, 1.807) is 36.1 Å². The summed E-state index contributed by atoms with van der Waals surface area (Å²) in [6.07, 6.45) is 3.22. The minimum Gasteiger partial charge on any atom is -0.494 e. The highest BCUT2D eigenvalue weighted by Crippen LogP contribution is 2.33. The van der Waals surface area contributed by atoms with Crippen molar-refractivity contribution in [1.29, 1.82) is 0 Å². The molecule has 0 bridgehead atoms. The smallest absolute Gasteiger partial charge is 0.250 e. The molecule has 1 aromatic heterocycles. The number of ether oxygens (including phenoxy) is 1. The Morgan fingerprint density at radius 3 is 2.49 bits per heavy atom. The zero-order valence-electron chi connectivity index (χ0n) is 19.5. The van der Waals surface area contributed by atoms with Crippen LogP contribution in [0.3, 0.4) is 0 Å². The molecule has 0 spiro atoms. The molecule has 1 aliphatic rings. The van der Waals surface area contributed by atoms with Crippen LogP contribution in [0.5, 0.6) is 5.75 Å². The maximum atomic E-state index is 13.9. The lowest BCUT2D eigenvalue weighted by atomic mass is 9.94. The van der Waals surface area contributed by atoms with E-state index in [1.807, 2.05) is 6.07 Å². The van der Waals surface area contributed by atoms with Crippen molar-refractivity contribution in [2.24, 2.45) is 0 Å². The van der Waals surface area contributed by atoms with Gasteiger partial charge in [-0.3, -0.25) is 4.79 Å². The highest BCUT2D eigenvalue weighted by molar-refractivity contribution is 5.99. The molecule has 4 rings (SSSR count). The van der Waals surface area contributed by atoms with Gasteiger partial charge in [0.2, 0.25) is 5.91 Å². The molecule has 0 unspecified atom stereocenters. The molecule has 2 aromatic carbocycles. The number of aryl methyl sites for hydroxylation is 1. The van der Waals surface area contributed by atoms with Gasteiger partial charge in [0.15, 0.2) is 17.5 Å². The highest BCUT2D eigenvalue weighted by atomic mass is 19.2. The lowest BCUT2D eigenvalue weighted by Gasteiger charge is -2.37. The number of aliphatic hydroxyl groups is 1. The number of nitrogens with zero attached hydrogens (tertiary/aromatic N) is 4. The highest BCUT2D eigenvalue weighted by Gasteiger charge is 2.34. The molecule has 0 saturated carbocycles. The molecule has 10 heteroatoms. The van der Waals surface area contributed by atoms with Gasteiger partial charge in [-0.25, -0.2) is 22.8 Å². The van der Waals surface area contributed by atoms with E-state index < -0.39 is 29.6 Å². The van der Waals surface area contributed by atoms with E-state index in [0.717, 1.165) is 12.1 Å². The fourth-order valence-electron chi connectivity index (χ4n) is 4.33. The van der Waals surface area contributed by atoms with Gasteiger partial charge in [0.25, 0.3) is 0 Å². The van der Waals surface area contributed by atoms with Crippen LogP contribution in [0.25, 0.3) is 11.8 Å². The van der Waals surface area contributed by atoms with Crippen LogP contribution in [-0.4, -0.2) is 50.4 Å². The Labute approximate surface area is 200 Å². The number of amides is 1. The van der Waals surface area contributed by atoms with Gasteiger partial charge in [-0.15, -0.1) is 0 Å². The molecular formula is C25H25F3N4O3. The summed E-state index contributed by atoms with van der Waals surface area (Å²) in [6.45, 7) is 3.47. The van der Waals surface area contributed by atoms with Gasteiger partial charge in [0.05, 0.1) is 19.3 Å². The molecule has 1 amide bonds. The Morgan fingerprint density at radius 2 is 1.89 bits per heavy atom. The van der Waals surface area contributed by atoms with Crippen molar-refractivity contribution in [1.82, 2.24) is 19.7 Å². The minimum atomic E-state index is -1.60. The maximum Gasteiger partial charge on any atom is 0.250 e. The van der Waals surface area contributed by atoms with E-state index in [2.05, 4.69) is 10.1 Å². The predicted octanol–water partition coefficient (Wildman–Crippen LogP) is 4.13. The summed E-state index contributed by atoms with van der Waals surface area (Å²) in [7, 11) is 1.53. The largest absolute Gasteiger partial charge is 0.494 e. The number of aliphatic hydroxyl groups excluding tert-OH is 1. The Bertz CT molecular complexity index is 1270. The van der Waals surface area contributed by atoms with Gasteiger partial charge in [0.1, 0.15) is 23.6 Å². The molecule has 0 aliphatic carbocycles. The standard InChI is InChI=1S/C25H25F3N4O3/c1-14(33)24(18-11-19(26)23(28)20(27)12-18)31-8-4-5-17(25(31)34)9-16-6-7-21(22(10-16)35-3)32-13-29-15(2)30-32/h6-7,9-14,24,33H,4-5,8H2,1-3H3/t14-,24+/m1/s1. The summed E-state index contributed by atoms with van der Waals surface area (Å²) in [5, 5.41) is 14.7. The van der Waals surface area contributed by atoms with Crippen LogP contribution in [0.15, 0.2) is 42.2 Å². The number of hydrogen-bond donors (Lipinski definition) is 1. The fourth-order valence-corrected chi connectivity index (χ4v) is 4.33. The van der Waals surface area contributed by atoms with Crippen molar-refractivity contribution < 1.29 is 27.8 Å². The van der Waals surface area contributed by atoms with Crippen LogP contribution >= 0.6 is 0 Å². The van der Waals surface area contributed by atoms with Crippen LogP contribution in [0.1, 0.15) is 42.8 Å². The molecule has 0 radical (unpaired) electrons. The second-order valence-electron chi connectivity index (χ2n) is 8.42. The summed E-state index contributed by atoms with van der Waals surface area (Å²) >= 11 is 0.